The fourth-order valence-electron chi connectivity index (χ4n) is 1.73. The molecule has 0 aliphatic rings. The maximum Gasteiger partial charge on any atom is 0.271 e. The number of nitrogens with zero attached hydrogens (tertiary/aromatic N) is 5. The van der Waals surface area contributed by atoms with Gasteiger partial charge < -0.3 is 5.32 Å². The second kappa shape index (κ2) is 7.14. The number of nitro groups is 1. The Kier molecular flexibility index (Phi) is 5.40. The topological polar surface area (TPSA) is 116 Å². The number of aromatic nitrogens is 4. The number of benzene rings is 1. The number of anilines is 1. The third-order valence-electron chi connectivity index (χ3n) is 2.85. The SMILES string of the molecule is CC(C)(C)n1nnnc1SCC(=O)Nc1ccc([N+](=O)[O-])cc1Cl. The average molecular weight is 371 g/mol. The number of thioether (sulfide) groups is 1. The Morgan fingerprint density at radius 3 is 2.75 bits per heavy atom. The number of nitro benzene ring substituents is 1. The first-order chi connectivity index (χ1) is 11.2. The van der Waals surface area contributed by atoms with E-state index in [1.165, 1.54) is 30.0 Å². The van der Waals surface area contributed by atoms with E-state index in [2.05, 4.69) is 20.8 Å². The highest BCUT2D eigenvalue weighted by atomic mass is 35.5. The Bertz CT molecular complexity index is 773. The second-order valence-corrected chi connectivity index (χ2v) is 7.15. The minimum absolute atomic E-state index is 0.0732. The average Bonchev–Trinajstić information content (AvgIpc) is 2.95. The van der Waals surface area contributed by atoms with Crippen LogP contribution < -0.4 is 5.32 Å². The molecule has 1 aromatic carbocycles. The highest BCUT2D eigenvalue weighted by Gasteiger charge is 2.21. The van der Waals surface area contributed by atoms with Crippen molar-refractivity contribution in [2.75, 3.05) is 11.1 Å². The molecule has 0 saturated heterocycles. The van der Waals surface area contributed by atoms with Crippen molar-refractivity contribution in [1.82, 2.24) is 20.2 Å². The summed E-state index contributed by atoms with van der Waals surface area (Å²) in [4.78, 5) is 22.1. The summed E-state index contributed by atoms with van der Waals surface area (Å²) < 4.78 is 1.63. The van der Waals surface area contributed by atoms with E-state index < -0.39 is 4.92 Å². The van der Waals surface area contributed by atoms with E-state index in [4.69, 9.17) is 11.6 Å². The Hall–Kier alpha value is -2.20. The molecule has 0 aliphatic carbocycles. The van der Waals surface area contributed by atoms with E-state index in [1.807, 2.05) is 20.8 Å². The minimum Gasteiger partial charge on any atom is -0.324 e. The van der Waals surface area contributed by atoms with Crippen LogP contribution in [0.25, 0.3) is 0 Å². The van der Waals surface area contributed by atoms with Crippen LogP contribution in [0, 0.1) is 10.1 Å². The normalized spacial score (nSPS) is 11.3. The summed E-state index contributed by atoms with van der Waals surface area (Å²) in [6, 6.07) is 3.85. The first kappa shape index (κ1) is 18.1. The number of carbonyl (C=O) groups excluding carboxylic acids is 1. The van der Waals surface area contributed by atoms with Crippen LogP contribution >= 0.6 is 23.4 Å². The van der Waals surface area contributed by atoms with E-state index in [9.17, 15) is 14.9 Å². The maximum atomic E-state index is 12.0. The van der Waals surface area contributed by atoms with Crippen molar-refractivity contribution in [1.29, 1.82) is 0 Å². The molecule has 11 heteroatoms. The molecule has 128 valence electrons. The lowest BCUT2D eigenvalue weighted by atomic mass is 10.1. The van der Waals surface area contributed by atoms with Crippen LogP contribution in [-0.2, 0) is 10.3 Å². The molecule has 0 saturated carbocycles. The van der Waals surface area contributed by atoms with Gasteiger partial charge in [0.25, 0.3) is 5.69 Å². The molecule has 2 aromatic rings. The van der Waals surface area contributed by atoms with Crippen molar-refractivity contribution in [3.63, 3.8) is 0 Å². The summed E-state index contributed by atoms with van der Waals surface area (Å²) in [5.41, 5.74) is -0.135. The van der Waals surface area contributed by atoms with Crippen LogP contribution in [0.3, 0.4) is 0 Å². The third-order valence-corrected chi connectivity index (χ3v) is 4.08. The van der Waals surface area contributed by atoms with Gasteiger partial charge in [-0.2, -0.15) is 0 Å². The summed E-state index contributed by atoms with van der Waals surface area (Å²) in [5, 5.41) is 25.3. The van der Waals surface area contributed by atoms with E-state index in [1.54, 1.807) is 4.68 Å². The number of carbonyl (C=O) groups is 1. The van der Waals surface area contributed by atoms with Crippen LogP contribution in [0.1, 0.15) is 20.8 Å². The fourth-order valence-corrected chi connectivity index (χ4v) is 2.81. The van der Waals surface area contributed by atoms with Crippen molar-refractivity contribution in [2.24, 2.45) is 0 Å². The molecule has 0 unspecified atom stereocenters. The Labute approximate surface area is 146 Å². The number of hydrogen-bond acceptors (Lipinski definition) is 7. The third kappa shape index (κ3) is 4.42. The Morgan fingerprint density at radius 1 is 1.46 bits per heavy atom. The summed E-state index contributed by atoms with van der Waals surface area (Å²) in [6.45, 7) is 5.85. The molecule has 1 amide bonds. The minimum atomic E-state index is -0.556. The molecule has 0 bridgehead atoms. The Balaban J connectivity index is 2.00. The zero-order valence-corrected chi connectivity index (χ0v) is 14.8. The molecule has 1 heterocycles. The van der Waals surface area contributed by atoms with Crippen LogP contribution in [0.4, 0.5) is 11.4 Å². The summed E-state index contributed by atoms with van der Waals surface area (Å²) in [7, 11) is 0. The smallest absolute Gasteiger partial charge is 0.271 e. The van der Waals surface area contributed by atoms with Crippen molar-refractivity contribution in [2.45, 2.75) is 31.5 Å². The molecular weight excluding hydrogens is 356 g/mol. The van der Waals surface area contributed by atoms with Gasteiger partial charge in [0.2, 0.25) is 11.1 Å². The van der Waals surface area contributed by atoms with Crippen LogP contribution in [0.2, 0.25) is 5.02 Å². The first-order valence-electron chi connectivity index (χ1n) is 6.84. The number of amides is 1. The molecule has 1 aromatic heterocycles. The molecule has 0 fully saturated rings. The number of nitrogens with one attached hydrogen (secondary N) is 1. The van der Waals surface area contributed by atoms with Crippen molar-refractivity contribution in [3.05, 3.63) is 33.3 Å². The molecule has 9 nitrogen and oxygen atoms in total. The lowest BCUT2D eigenvalue weighted by molar-refractivity contribution is -0.384. The standard InChI is InChI=1S/C13H15ClN6O3S/c1-13(2,3)19-12(16-17-18-19)24-7-11(21)15-10-5-4-8(20(22)23)6-9(10)14/h4-6H,7H2,1-3H3,(H,15,21). The highest BCUT2D eigenvalue weighted by Crippen LogP contribution is 2.27. The highest BCUT2D eigenvalue weighted by molar-refractivity contribution is 7.99. The van der Waals surface area contributed by atoms with Crippen LogP contribution in [-0.4, -0.2) is 36.8 Å². The van der Waals surface area contributed by atoms with Gasteiger partial charge in [0.1, 0.15) is 0 Å². The van der Waals surface area contributed by atoms with Gasteiger partial charge >= 0.3 is 0 Å². The molecule has 0 aliphatic heterocycles. The number of non-ortho nitro benzene ring substituents is 1. The molecule has 24 heavy (non-hydrogen) atoms. The molecule has 1 N–H and O–H groups in total. The molecule has 2 rings (SSSR count). The number of halogens is 1. The van der Waals surface area contributed by atoms with Gasteiger partial charge in [0, 0.05) is 12.1 Å². The summed E-state index contributed by atoms with van der Waals surface area (Å²) in [6.07, 6.45) is 0. The fraction of sp³-hybridized carbons (Fsp3) is 0.385. The zero-order valence-electron chi connectivity index (χ0n) is 13.2. The quantitative estimate of drug-likeness (QED) is 0.488. The number of rotatable bonds is 5. The van der Waals surface area contributed by atoms with Crippen LogP contribution in [0.5, 0.6) is 0 Å². The van der Waals surface area contributed by atoms with E-state index in [0.717, 1.165) is 0 Å². The van der Waals surface area contributed by atoms with Gasteiger partial charge in [-0.3, -0.25) is 14.9 Å². The van der Waals surface area contributed by atoms with E-state index >= 15 is 0 Å². The van der Waals surface area contributed by atoms with Gasteiger partial charge in [0.05, 0.1) is 26.9 Å². The first-order valence-corrected chi connectivity index (χ1v) is 8.20. The van der Waals surface area contributed by atoms with Crippen molar-refractivity contribution in [3.8, 4) is 0 Å². The lowest BCUT2D eigenvalue weighted by Crippen LogP contribution is -2.24. The molecular formula is C13H15ClN6O3S. The predicted molar refractivity (Wildman–Crippen MR) is 90.3 cm³/mol. The van der Waals surface area contributed by atoms with Gasteiger partial charge in [-0.15, -0.1) is 5.10 Å². The monoisotopic (exact) mass is 370 g/mol. The molecule has 0 radical (unpaired) electrons. The van der Waals surface area contributed by atoms with E-state index in [0.29, 0.717) is 10.8 Å². The number of hydrogen-bond donors (Lipinski definition) is 1. The van der Waals surface area contributed by atoms with Crippen molar-refractivity contribution < 1.29 is 9.72 Å². The number of tetrazole rings is 1. The van der Waals surface area contributed by atoms with E-state index in [-0.39, 0.29) is 27.9 Å². The zero-order chi connectivity index (χ0) is 17.9. The van der Waals surface area contributed by atoms with Gasteiger partial charge in [0.15, 0.2) is 0 Å². The maximum absolute atomic E-state index is 12.0. The second-order valence-electron chi connectivity index (χ2n) is 5.80. The van der Waals surface area contributed by atoms with Crippen molar-refractivity contribution >= 4 is 40.6 Å². The predicted octanol–water partition coefficient (Wildman–Crippen LogP) is 2.72. The molecule has 0 atom stereocenters. The largest absolute Gasteiger partial charge is 0.324 e. The van der Waals surface area contributed by atoms with Gasteiger partial charge in [-0.05, 0) is 37.3 Å². The van der Waals surface area contributed by atoms with Crippen LogP contribution in [0.15, 0.2) is 23.4 Å². The summed E-state index contributed by atoms with van der Waals surface area (Å²) >= 11 is 7.13. The van der Waals surface area contributed by atoms with Gasteiger partial charge in [-0.1, -0.05) is 23.4 Å². The molecule has 0 spiro atoms. The summed E-state index contributed by atoms with van der Waals surface area (Å²) in [5.74, 6) is -0.247. The lowest BCUT2D eigenvalue weighted by Gasteiger charge is -2.19. The van der Waals surface area contributed by atoms with Gasteiger partial charge in [-0.25, -0.2) is 4.68 Å². The Morgan fingerprint density at radius 2 is 2.17 bits per heavy atom.